The van der Waals surface area contributed by atoms with Gasteiger partial charge in [-0.3, -0.25) is 9.78 Å². The number of hydrogen-bond acceptors (Lipinski definition) is 6. The number of fused-ring (bicyclic) bond motifs is 1. The lowest BCUT2D eigenvalue weighted by Gasteiger charge is -2.33. The van der Waals surface area contributed by atoms with Crippen LogP contribution in [0.5, 0.6) is 0 Å². The number of urea groups is 1. The molecule has 0 aliphatic carbocycles. The molecule has 1 unspecified atom stereocenters. The molecule has 5 heterocycles. The van der Waals surface area contributed by atoms with Crippen molar-refractivity contribution >= 4 is 39.3 Å². The molecule has 2 aliphatic heterocycles. The second-order valence-electron chi connectivity index (χ2n) is 9.29. The van der Waals surface area contributed by atoms with Gasteiger partial charge in [0.2, 0.25) is 5.91 Å². The van der Waals surface area contributed by atoms with Crippen LogP contribution in [0.3, 0.4) is 0 Å². The maximum absolute atomic E-state index is 12.8. The summed E-state index contributed by atoms with van der Waals surface area (Å²) in [5.41, 5.74) is 11.7. The largest absolute Gasteiger partial charge is 0.383 e. The molecule has 188 valence electrons. The van der Waals surface area contributed by atoms with E-state index in [4.69, 9.17) is 10.7 Å². The van der Waals surface area contributed by atoms with E-state index in [0.717, 1.165) is 45.4 Å². The van der Waals surface area contributed by atoms with Gasteiger partial charge in [0.15, 0.2) is 5.65 Å². The van der Waals surface area contributed by atoms with Crippen molar-refractivity contribution in [3.63, 3.8) is 0 Å². The highest BCUT2D eigenvalue weighted by Crippen LogP contribution is 2.37. The van der Waals surface area contributed by atoms with Gasteiger partial charge in [0.1, 0.15) is 11.9 Å². The summed E-state index contributed by atoms with van der Waals surface area (Å²) in [6.07, 6.45) is 5.09. The second-order valence-corrected chi connectivity index (χ2v) is 10.1. The van der Waals surface area contributed by atoms with Crippen molar-refractivity contribution in [3.05, 3.63) is 65.0 Å². The average molecular weight is 561 g/mol. The normalized spacial score (nSPS) is 18.1. The fraction of sp³-hybridized carbons (Fsp3) is 0.269. The van der Waals surface area contributed by atoms with Crippen molar-refractivity contribution in [2.75, 3.05) is 25.4 Å². The number of piperidine rings is 1. The standard InChI is InChI=1S/C26H25BrN8O2/c27-21-22(16-8-10-34(11-9-16)25(36)20-14-30-26(37)32-20)33-24-18(13-31-35(24)23(21)28)17-6-7-19(29-12-17)15-4-2-1-3-5-15/h1-7,12-13,16,20H,8-11,14,28H2,(H2,30,32,37). The molecule has 1 aromatic carbocycles. The maximum atomic E-state index is 12.8. The number of aromatic nitrogens is 4. The monoisotopic (exact) mass is 560 g/mol. The molecule has 2 saturated heterocycles. The van der Waals surface area contributed by atoms with Crippen LogP contribution in [-0.4, -0.2) is 62.1 Å². The van der Waals surface area contributed by atoms with E-state index in [1.54, 1.807) is 10.7 Å². The number of benzene rings is 1. The Morgan fingerprint density at radius 1 is 1.05 bits per heavy atom. The van der Waals surface area contributed by atoms with Crippen molar-refractivity contribution in [1.82, 2.24) is 35.1 Å². The zero-order chi connectivity index (χ0) is 25.5. The first-order chi connectivity index (χ1) is 18.0. The lowest BCUT2D eigenvalue weighted by molar-refractivity contribution is -0.133. The van der Waals surface area contributed by atoms with Crippen LogP contribution in [0.25, 0.3) is 28.0 Å². The van der Waals surface area contributed by atoms with Crippen LogP contribution in [0.1, 0.15) is 24.5 Å². The summed E-state index contributed by atoms with van der Waals surface area (Å²) < 4.78 is 2.37. The van der Waals surface area contributed by atoms with Gasteiger partial charge in [0, 0.05) is 48.4 Å². The summed E-state index contributed by atoms with van der Waals surface area (Å²) in [4.78, 5) is 35.7. The molecule has 3 aromatic heterocycles. The number of carbonyl (C=O) groups is 2. The summed E-state index contributed by atoms with van der Waals surface area (Å²) in [5, 5.41) is 9.80. The molecule has 1 atom stereocenters. The van der Waals surface area contributed by atoms with Gasteiger partial charge in [-0.2, -0.15) is 9.61 Å². The van der Waals surface area contributed by atoms with E-state index in [-0.39, 0.29) is 17.9 Å². The van der Waals surface area contributed by atoms with E-state index in [1.165, 1.54) is 0 Å². The first kappa shape index (κ1) is 23.4. The van der Waals surface area contributed by atoms with Crippen LogP contribution in [-0.2, 0) is 4.79 Å². The van der Waals surface area contributed by atoms with Crippen molar-refractivity contribution in [2.24, 2.45) is 0 Å². The third-order valence-electron chi connectivity index (χ3n) is 7.06. The predicted octanol–water partition coefficient (Wildman–Crippen LogP) is 3.19. The third-order valence-corrected chi connectivity index (χ3v) is 7.87. The number of nitrogen functional groups attached to an aromatic ring is 1. The van der Waals surface area contributed by atoms with Gasteiger partial charge in [0.25, 0.3) is 0 Å². The molecule has 0 bridgehead atoms. The van der Waals surface area contributed by atoms with Crippen LogP contribution in [0.2, 0.25) is 0 Å². The van der Waals surface area contributed by atoms with Gasteiger partial charge in [-0.15, -0.1) is 0 Å². The average Bonchev–Trinajstić information content (AvgIpc) is 3.57. The molecule has 11 heteroatoms. The van der Waals surface area contributed by atoms with Crippen molar-refractivity contribution < 1.29 is 9.59 Å². The van der Waals surface area contributed by atoms with Crippen LogP contribution in [0, 0.1) is 0 Å². The van der Waals surface area contributed by atoms with E-state index in [9.17, 15) is 9.59 Å². The molecule has 10 nitrogen and oxygen atoms in total. The van der Waals surface area contributed by atoms with Gasteiger partial charge in [-0.05, 0) is 34.8 Å². The van der Waals surface area contributed by atoms with Gasteiger partial charge >= 0.3 is 6.03 Å². The van der Waals surface area contributed by atoms with E-state index in [2.05, 4.69) is 36.6 Å². The minimum absolute atomic E-state index is 0.0525. The highest BCUT2D eigenvalue weighted by atomic mass is 79.9. The molecular weight excluding hydrogens is 536 g/mol. The number of carbonyl (C=O) groups excluding carboxylic acids is 2. The number of anilines is 1. The molecule has 4 N–H and O–H groups in total. The smallest absolute Gasteiger partial charge is 0.315 e. The number of nitrogens with one attached hydrogen (secondary N) is 2. The van der Waals surface area contributed by atoms with E-state index >= 15 is 0 Å². The summed E-state index contributed by atoms with van der Waals surface area (Å²) in [6.45, 7) is 1.50. The van der Waals surface area contributed by atoms with Crippen molar-refractivity contribution in [1.29, 1.82) is 0 Å². The molecule has 2 aliphatic rings. The minimum Gasteiger partial charge on any atom is -0.383 e. The van der Waals surface area contributed by atoms with Gasteiger partial charge < -0.3 is 21.3 Å². The Morgan fingerprint density at radius 3 is 2.51 bits per heavy atom. The van der Waals surface area contributed by atoms with Crippen LogP contribution in [0.4, 0.5) is 10.6 Å². The summed E-state index contributed by atoms with van der Waals surface area (Å²) in [7, 11) is 0. The minimum atomic E-state index is -0.503. The molecule has 37 heavy (non-hydrogen) atoms. The topological polar surface area (TPSA) is 131 Å². The fourth-order valence-corrected chi connectivity index (χ4v) is 5.60. The third kappa shape index (κ3) is 4.29. The van der Waals surface area contributed by atoms with Crippen LogP contribution >= 0.6 is 15.9 Å². The summed E-state index contributed by atoms with van der Waals surface area (Å²) in [6, 6.07) is 13.2. The molecule has 6 rings (SSSR count). The summed E-state index contributed by atoms with van der Waals surface area (Å²) in [5.74, 6) is 0.560. The Kier molecular flexibility index (Phi) is 5.99. The number of nitrogens with zero attached hydrogens (tertiary/aromatic N) is 5. The number of amides is 3. The quantitative estimate of drug-likeness (QED) is 0.351. The Bertz CT molecular complexity index is 1480. The maximum Gasteiger partial charge on any atom is 0.315 e. The van der Waals surface area contributed by atoms with E-state index in [1.807, 2.05) is 53.6 Å². The number of pyridine rings is 1. The molecule has 2 fully saturated rings. The van der Waals surface area contributed by atoms with Crippen LogP contribution < -0.4 is 16.4 Å². The lowest BCUT2D eigenvalue weighted by atomic mass is 9.92. The number of rotatable bonds is 4. The molecular formula is C26H25BrN8O2. The van der Waals surface area contributed by atoms with E-state index in [0.29, 0.717) is 31.1 Å². The molecule has 3 amide bonds. The van der Waals surface area contributed by atoms with Gasteiger partial charge in [0.05, 0.1) is 22.1 Å². The number of hydrogen-bond donors (Lipinski definition) is 3. The highest BCUT2D eigenvalue weighted by Gasteiger charge is 2.34. The van der Waals surface area contributed by atoms with Crippen LogP contribution in [0.15, 0.2) is 59.3 Å². The zero-order valence-electron chi connectivity index (χ0n) is 19.9. The molecule has 4 aromatic rings. The Balaban J connectivity index is 1.25. The summed E-state index contributed by atoms with van der Waals surface area (Å²) >= 11 is 3.65. The highest BCUT2D eigenvalue weighted by molar-refractivity contribution is 9.10. The SMILES string of the molecule is Nc1c(Br)c(C2CCN(C(=O)C3CNC(=O)N3)CC2)nc2c(-c3ccc(-c4ccccc4)nc3)cnn12. The molecule has 0 spiro atoms. The van der Waals surface area contributed by atoms with E-state index < -0.39 is 6.04 Å². The molecule has 0 saturated carbocycles. The lowest BCUT2D eigenvalue weighted by Crippen LogP contribution is -2.48. The Hall–Kier alpha value is -3.99. The van der Waals surface area contributed by atoms with Gasteiger partial charge in [-0.25, -0.2) is 9.78 Å². The Labute approximate surface area is 221 Å². The Morgan fingerprint density at radius 2 is 1.84 bits per heavy atom. The fourth-order valence-electron chi connectivity index (χ4n) is 5.02. The second kappa shape index (κ2) is 9.47. The van der Waals surface area contributed by atoms with Gasteiger partial charge in [-0.1, -0.05) is 36.4 Å². The zero-order valence-corrected chi connectivity index (χ0v) is 21.5. The predicted molar refractivity (Wildman–Crippen MR) is 143 cm³/mol. The van der Waals surface area contributed by atoms with Crippen molar-refractivity contribution in [3.8, 4) is 22.4 Å². The number of likely N-dealkylation sites (tertiary alicyclic amines) is 1. The number of nitrogens with two attached hydrogens (primary N) is 1. The first-order valence-corrected chi connectivity index (χ1v) is 13.0. The first-order valence-electron chi connectivity index (χ1n) is 12.2. The number of halogens is 1. The molecule has 0 radical (unpaired) electrons. The van der Waals surface area contributed by atoms with Crippen molar-refractivity contribution in [2.45, 2.75) is 24.8 Å².